The monoisotopic (exact) mass is 255 g/mol. The Balaban J connectivity index is 2.28. The molecule has 1 atom stereocenters. The highest BCUT2D eigenvalue weighted by atomic mass is 16.5. The molecule has 1 aliphatic carbocycles. The molecule has 0 aliphatic heterocycles. The summed E-state index contributed by atoms with van der Waals surface area (Å²) in [4.78, 5) is 0. The van der Waals surface area contributed by atoms with Crippen molar-refractivity contribution in [3.63, 3.8) is 0 Å². The molecule has 0 spiro atoms. The van der Waals surface area contributed by atoms with E-state index >= 15 is 0 Å². The summed E-state index contributed by atoms with van der Waals surface area (Å²) >= 11 is 0. The van der Waals surface area contributed by atoms with Crippen LogP contribution in [0.3, 0.4) is 0 Å². The lowest BCUT2D eigenvalue weighted by molar-refractivity contribution is 0.179. The van der Waals surface area contributed by atoms with Crippen molar-refractivity contribution in [2.75, 3.05) is 26.8 Å². The van der Waals surface area contributed by atoms with Crippen LogP contribution in [-0.2, 0) is 4.74 Å². The fraction of sp³-hybridized carbons (Fsp3) is 1.00. The van der Waals surface area contributed by atoms with Gasteiger partial charge < -0.3 is 10.1 Å². The van der Waals surface area contributed by atoms with Crippen LogP contribution in [-0.4, -0.2) is 26.8 Å². The number of nitrogens with one attached hydrogen (secondary N) is 1. The van der Waals surface area contributed by atoms with E-state index in [0.29, 0.717) is 10.8 Å². The topological polar surface area (TPSA) is 21.3 Å². The fourth-order valence-corrected chi connectivity index (χ4v) is 2.79. The van der Waals surface area contributed by atoms with E-state index in [1.165, 1.54) is 32.1 Å². The fourth-order valence-electron chi connectivity index (χ4n) is 2.79. The Hall–Kier alpha value is -0.0800. The van der Waals surface area contributed by atoms with E-state index in [0.717, 1.165) is 25.6 Å². The molecule has 2 heteroatoms. The van der Waals surface area contributed by atoms with Crippen LogP contribution in [0.1, 0.15) is 59.8 Å². The van der Waals surface area contributed by atoms with Gasteiger partial charge in [-0.25, -0.2) is 0 Å². The van der Waals surface area contributed by atoms with E-state index in [-0.39, 0.29) is 0 Å². The van der Waals surface area contributed by atoms with Crippen LogP contribution in [0, 0.1) is 16.7 Å². The molecule has 1 saturated carbocycles. The Morgan fingerprint density at radius 2 is 1.78 bits per heavy atom. The molecule has 0 saturated heterocycles. The van der Waals surface area contributed by atoms with Gasteiger partial charge in [-0.3, -0.25) is 0 Å². The summed E-state index contributed by atoms with van der Waals surface area (Å²) in [6, 6.07) is 0. The van der Waals surface area contributed by atoms with Crippen LogP contribution in [0.15, 0.2) is 0 Å². The second-order valence-electron chi connectivity index (χ2n) is 7.51. The van der Waals surface area contributed by atoms with Gasteiger partial charge in [0.05, 0.1) is 6.61 Å². The maximum atomic E-state index is 5.10. The molecule has 0 aromatic carbocycles. The summed E-state index contributed by atoms with van der Waals surface area (Å²) in [5.74, 6) is 0.965. The van der Waals surface area contributed by atoms with Gasteiger partial charge in [-0.1, -0.05) is 34.1 Å². The molecule has 0 aromatic rings. The lowest BCUT2D eigenvalue weighted by Crippen LogP contribution is -2.35. The second-order valence-corrected chi connectivity index (χ2v) is 7.51. The number of rotatable bonds is 9. The Kier molecular flexibility index (Phi) is 6.13. The van der Waals surface area contributed by atoms with Crippen molar-refractivity contribution in [1.29, 1.82) is 0 Å². The molecule has 2 nitrogen and oxygen atoms in total. The zero-order valence-corrected chi connectivity index (χ0v) is 13.1. The van der Waals surface area contributed by atoms with Gasteiger partial charge in [-0.2, -0.15) is 0 Å². The first kappa shape index (κ1) is 16.0. The molecule has 1 N–H and O–H groups in total. The van der Waals surface area contributed by atoms with Crippen LogP contribution in [0.4, 0.5) is 0 Å². The molecule has 1 unspecified atom stereocenters. The molecule has 0 heterocycles. The third-order valence-corrected chi connectivity index (χ3v) is 4.25. The van der Waals surface area contributed by atoms with Gasteiger partial charge >= 0.3 is 0 Å². The molecule has 1 aliphatic rings. The Morgan fingerprint density at radius 3 is 2.28 bits per heavy atom. The van der Waals surface area contributed by atoms with Crippen LogP contribution < -0.4 is 5.32 Å². The zero-order valence-electron chi connectivity index (χ0n) is 13.1. The molecule has 18 heavy (non-hydrogen) atoms. The summed E-state index contributed by atoms with van der Waals surface area (Å²) < 4.78 is 5.10. The van der Waals surface area contributed by atoms with Crippen molar-refractivity contribution in [3.05, 3.63) is 0 Å². The van der Waals surface area contributed by atoms with E-state index in [1.54, 1.807) is 7.11 Å². The lowest BCUT2D eigenvalue weighted by Gasteiger charge is -2.31. The summed E-state index contributed by atoms with van der Waals surface area (Å²) in [7, 11) is 1.77. The third-order valence-electron chi connectivity index (χ3n) is 4.25. The van der Waals surface area contributed by atoms with Gasteiger partial charge in [0.15, 0.2) is 0 Å². The van der Waals surface area contributed by atoms with Crippen LogP contribution in [0.25, 0.3) is 0 Å². The maximum Gasteiger partial charge on any atom is 0.0587 e. The Labute approximate surface area is 114 Å². The molecule has 0 bridgehead atoms. The second kappa shape index (κ2) is 6.91. The van der Waals surface area contributed by atoms with Gasteiger partial charge in [-0.15, -0.1) is 0 Å². The highest BCUT2D eigenvalue weighted by molar-refractivity contribution is 4.92. The first-order valence-corrected chi connectivity index (χ1v) is 7.57. The minimum Gasteiger partial charge on any atom is -0.383 e. The van der Waals surface area contributed by atoms with Crippen LogP contribution >= 0.6 is 0 Å². The van der Waals surface area contributed by atoms with E-state index in [2.05, 4.69) is 33.0 Å². The van der Waals surface area contributed by atoms with Crippen LogP contribution in [0.5, 0.6) is 0 Å². The Bertz CT molecular complexity index is 230. The SMILES string of the molecule is COCCNCC(C)(CCCC(C)(C)C)C1CC1. The normalized spacial score (nSPS) is 19.8. The van der Waals surface area contributed by atoms with Crippen molar-refractivity contribution in [2.45, 2.75) is 59.8 Å². The number of hydrogen-bond donors (Lipinski definition) is 1. The predicted octanol–water partition coefficient (Wildman–Crippen LogP) is 3.86. The third kappa shape index (κ3) is 6.19. The first-order valence-electron chi connectivity index (χ1n) is 7.57. The predicted molar refractivity (Wildman–Crippen MR) is 78.9 cm³/mol. The van der Waals surface area contributed by atoms with Gasteiger partial charge in [0, 0.05) is 20.2 Å². The van der Waals surface area contributed by atoms with Gasteiger partial charge in [-0.05, 0) is 42.4 Å². The number of hydrogen-bond acceptors (Lipinski definition) is 2. The van der Waals surface area contributed by atoms with E-state index in [1.807, 2.05) is 0 Å². The van der Waals surface area contributed by atoms with Crippen molar-refractivity contribution in [3.8, 4) is 0 Å². The quantitative estimate of drug-likeness (QED) is 0.632. The molecule has 1 fully saturated rings. The largest absolute Gasteiger partial charge is 0.383 e. The van der Waals surface area contributed by atoms with Gasteiger partial charge in [0.1, 0.15) is 0 Å². The summed E-state index contributed by atoms with van der Waals surface area (Å²) in [6.45, 7) is 12.5. The van der Waals surface area contributed by atoms with Crippen molar-refractivity contribution in [1.82, 2.24) is 5.32 Å². The summed E-state index contributed by atoms with van der Waals surface area (Å²) in [5, 5.41) is 3.57. The smallest absolute Gasteiger partial charge is 0.0587 e. The highest BCUT2D eigenvalue weighted by Gasteiger charge is 2.40. The minimum absolute atomic E-state index is 0.480. The van der Waals surface area contributed by atoms with Crippen molar-refractivity contribution >= 4 is 0 Å². The first-order chi connectivity index (χ1) is 8.37. The highest BCUT2D eigenvalue weighted by Crippen LogP contribution is 2.48. The maximum absolute atomic E-state index is 5.10. The standard InChI is InChI=1S/C16H33NO/c1-15(2,3)9-6-10-16(4,14-7-8-14)13-17-11-12-18-5/h14,17H,6-13H2,1-5H3. The van der Waals surface area contributed by atoms with Crippen LogP contribution in [0.2, 0.25) is 0 Å². The molecule has 0 radical (unpaired) electrons. The van der Waals surface area contributed by atoms with Crippen molar-refractivity contribution in [2.24, 2.45) is 16.7 Å². The molecule has 1 rings (SSSR count). The molecule has 0 amide bonds. The average Bonchev–Trinajstić information content (AvgIpc) is 3.06. The van der Waals surface area contributed by atoms with Gasteiger partial charge in [0.25, 0.3) is 0 Å². The van der Waals surface area contributed by atoms with E-state index in [9.17, 15) is 0 Å². The number of ether oxygens (including phenoxy) is 1. The van der Waals surface area contributed by atoms with E-state index in [4.69, 9.17) is 4.74 Å². The van der Waals surface area contributed by atoms with Gasteiger partial charge in [0.2, 0.25) is 0 Å². The van der Waals surface area contributed by atoms with E-state index < -0.39 is 0 Å². The number of methoxy groups -OCH3 is 1. The van der Waals surface area contributed by atoms with Crippen molar-refractivity contribution < 1.29 is 4.74 Å². The Morgan fingerprint density at radius 1 is 1.11 bits per heavy atom. The lowest BCUT2D eigenvalue weighted by atomic mass is 9.77. The molecule has 0 aromatic heterocycles. The zero-order chi connectivity index (χ0) is 13.6. The molecule has 108 valence electrons. The molecular weight excluding hydrogens is 222 g/mol. The summed E-state index contributed by atoms with van der Waals surface area (Å²) in [5.41, 5.74) is 0.993. The summed E-state index contributed by atoms with van der Waals surface area (Å²) in [6.07, 6.45) is 6.96. The molecular formula is C16H33NO. The average molecular weight is 255 g/mol. The minimum atomic E-state index is 0.480.